The van der Waals surface area contributed by atoms with Crippen molar-refractivity contribution in [3.63, 3.8) is 0 Å². The lowest BCUT2D eigenvalue weighted by Gasteiger charge is -2.09. The summed E-state index contributed by atoms with van der Waals surface area (Å²) in [5.74, 6) is 0.212. The molecule has 0 aromatic heterocycles. The summed E-state index contributed by atoms with van der Waals surface area (Å²) in [4.78, 5) is 0. The van der Waals surface area contributed by atoms with Crippen molar-refractivity contribution in [2.75, 3.05) is 0 Å². The van der Waals surface area contributed by atoms with Gasteiger partial charge in [-0.25, -0.2) is 4.39 Å². The first-order chi connectivity index (χ1) is 5.52. The maximum atomic E-state index is 13.4. The van der Waals surface area contributed by atoms with E-state index in [0.717, 1.165) is 14.7 Å². The van der Waals surface area contributed by atoms with Crippen LogP contribution in [-0.2, 0) is 0 Å². The van der Waals surface area contributed by atoms with E-state index < -0.39 is 0 Å². The second-order valence-electron chi connectivity index (χ2n) is 3.28. The molecule has 1 aromatic carbocycles. The van der Waals surface area contributed by atoms with Crippen LogP contribution in [0.5, 0.6) is 0 Å². The molecule has 0 nitrogen and oxygen atoms in total. The molecule has 66 valence electrons. The number of rotatable bonds is 1. The van der Waals surface area contributed by atoms with Gasteiger partial charge in [0.15, 0.2) is 0 Å². The Labute approximate surface area is 86.3 Å². The van der Waals surface area contributed by atoms with Gasteiger partial charge in [0.2, 0.25) is 0 Å². The first kappa shape index (κ1) is 9.96. The summed E-state index contributed by atoms with van der Waals surface area (Å²) in [7, 11) is 0. The number of hydrogen-bond donors (Lipinski definition) is 0. The van der Waals surface area contributed by atoms with Crippen LogP contribution >= 0.6 is 22.6 Å². The molecule has 0 bridgehead atoms. The molecule has 0 aliphatic heterocycles. The zero-order valence-electron chi connectivity index (χ0n) is 7.49. The standard InChI is InChI=1S/C10H12FI/c1-6(2)9-5-8(12)4-7(3)10(9)11/h4-6H,1-3H3. The van der Waals surface area contributed by atoms with Gasteiger partial charge in [0, 0.05) is 3.57 Å². The number of hydrogen-bond acceptors (Lipinski definition) is 0. The lowest BCUT2D eigenvalue weighted by molar-refractivity contribution is 0.589. The van der Waals surface area contributed by atoms with E-state index in [1.807, 2.05) is 32.9 Å². The van der Waals surface area contributed by atoms with Crippen LogP contribution in [-0.4, -0.2) is 0 Å². The summed E-state index contributed by atoms with van der Waals surface area (Å²) in [5, 5.41) is 0. The summed E-state index contributed by atoms with van der Waals surface area (Å²) in [6.07, 6.45) is 0. The Kier molecular flexibility index (Phi) is 3.09. The Morgan fingerprint density at radius 3 is 2.42 bits per heavy atom. The average molecular weight is 278 g/mol. The largest absolute Gasteiger partial charge is 0.206 e. The Bertz CT molecular complexity index is 292. The van der Waals surface area contributed by atoms with E-state index in [1.54, 1.807) is 0 Å². The topological polar surface area (TPSA) is 0 Å². The molecule has 0 N–H and O–H groups in total. The predicted molar refractivity (Wildman–Crippen MR) is 57.9 cm³/mol. The maximum absolute atomic E-state index is 13.4. The number of benzene rings is 1. The van der Waals surface area contributed by atoms with Crippen LogP contribution in [0.15, 0.2) is 12.1 Å². The lowest BCUT2D eigenvalue weighted by Crippen LogP contribution is -1.96. The Morgan fingerprint density at radius 1 is 1.33 bits per heavy atom. The highest BCUT2D eigenvalue weighted by atomic mass is 127. The fourth-order valence-corrected chi connectivity index (χ4v) is 1.97. The quantitative estimate of drug-likeness (QED) is 0.684. The first-order valence-corrected chi connectivity index (χ1v) is 5.05. The molecule has 0 saturated heterocycles. The molecule has 2 heteroatoms. The highest BCUT2D eigenvalue weighted by Gasteiger charge is 2.09. The monoisotopic (exact) mass is 278 g/mol. The second kappa shape index (κ2) is 3.73. The van der Waals surface area contributed by atoms with Gasteiger partial charge >= 0.3 is 0 Å². The van der Waals surface area contributed by atoms with E-state index >= 15 is 0 Å². The van der Waals surface area contributed by atoms with Gasteiger partial charge in [0.1, 0.15) is 5.82 Å². The molecule has 1 rings (SSSR count). The van der Waals surface area contributed by atoms with Gasteiger partial charge in [0.05, 0.1) is 0 Å². The number of halogens is 2. The molecular formula is C10H12FI. The molecule has 0 amide bonds. The van der Waals surface area contributed by atoms with Gasteiger partial charge in [0.25, 0.3) is 0 Å². The minimum absolute atomic E-state index is 0.0505. The minimum atomic E-state index is -0.0505. The molecule has 12 heavy (non-hydrogen) atoms. The third kappa shape index (κ3) is 1.97. The zero-order valence-corrected chi connectivity index (χ0v) is 9.65. The van der Waals surface area contributed by atoms with Crippen molar-refractivity contribution in [3.8, 4) is 0 Å². The van der Waals surface area contributed by atoms with Crippen LogP contribution in [0.25, 0.3) is 0 Å². The molecule has 0 saturated carbocycles. The van der Waals surface area contributed by atoms with E-state index in [0.29, 0.717) is 0 Å². The van der Waals surface area contributed by atoms with Gasteiger partial charge in [-0.2, -0.15) is 0 Å². The van der Waals surface area contributed by atoms with Crippen molar-refractivity contribution in [3.05, 3.63) is 32.6 Å². The molecule has 0 heterocycles. The van der Waals surface area contributed by atoms with Crippen molar-refractivity contribution in [2.24, 2.45) is 0 Å². The molecule has 0 unspecified atom stereocenters. The van der Waals surface area contributed by atoms with Crippen molar-refractivity contribution >= 4 is 22.6 Å². The summed E-state index contributed by atoms with van der Waals surface area (Å²) < 4.78 is 14.5. The highest BCUT2D eigenvalue weighted by molar-refractivity contribution is 14.1. The van der Waals surface area contributed by atoms with Gasteiger partial charge in [-0.3, -0.25) is 0 Å². The summed E-state index contributed by atoms with van der Waals surface area (Å²) in [6, 6.07) is 3.77. The van der Waals surface area contributed by atoms with Gasteiger partial charge in [-0.05, 0) is 58.7 Å². The molecule has 0 spiro atoms. The van der Waals surface area contributed by atoms with E-state index in [1.165, 1.54) is 0 Å². The fraction of sp³-hybridized carbons (Fsp3) is 0.400. The third-order valence-electron chi connectivity index (χ3n) is 1.87. The minimum Gasteiger partial charge on any atom is -0.206 e. The lowest BCUT2D eigenvalue weighted by atomic mass is 10.0. The van der Waals surface area contributed by atoms with Crippen LogP contribution < -0.4 is 0 Å². The Hall–Kier alpha value is -0.120. The Morgan fingerprint density at radius 2 is 1.92 bits per heavy atom. The van der Waals surface area contributed by atoms with Crippen molar-refractivity contribution < 1.29 is 4.39 Å². The smallest absolute Gasteiger partial charge is 0.129 e. The average Bonchev–Trinajstić information content (AvgIpc) is 1.96. The first-order valence-electron chi connectivity index (χ1n) is 3.98. The normalized spacial score (nSPS) is 10.8. The molecule has 0 fully saturated rings. The van der Waals surface area contributed by atoms with E-state index in [-0.39, 0.29) is 11.7 Å². The van der Waals surface area contributed by atoms with Crippen molar-refractivity contribution in [1.29, 1.82) is 0 Å². The summed E-state index contributed by atoms with van der Waals surface area (Å²) in [6.45, 7) is 5.82. The van der Waals surface area contributed by atoms with Crippen molar-refractivity contribution in [2.45, 2.75) is 26.7 Å². The van der Waals surface area contributed by atoms with Crippen LogP contribution in [0.1, 0.15) is 30.9 Å². The predicted octanol–water partition coefficient (Wildman–Crippen LogP) is 3.86. The second-order valence-corrected chi connectivity index (χ2v) is 4.53. The molecule has 0 radical (unpaired) electrons. The van der Waals surface area contributed by atoms with Crippen LogP contribution in [0, 0.1) is 16.3 Å². The van der Waals surface area contributed by atoms with Gasteiger partial charge in [-0.1, -0.05) is 13.8 Å². The van der Waals surface area contributed by atoms with Crippen LogP contribution in [0.4, 0.5) is 4.39 Å². The molecule has 0 atom stereocenters. The molecular weight excluding hydrogens is 266 g/mol. The maximum Gasteiger partial charge on any atom is 0.129 e. The molecule has 0 aliphatic carbocycles. The summed E-state index contributed by atoms with van der Waals surface area (Å²) in [5.41, 5.74) is 1.56. The highest BCUT2D eigenvalue weighted by Crippen LogP contribution is 2.23. The third-order valence-corrected chi connectivity index (χ3v) is 2.49. The van der Waals surface area contributed by atoms with Crippen molar-refractivity contribution in [1.82, 2.24) is 0 Å². The van der Waals surface area contributed by atoms with E-state index in [4.69, 9.17) is 0 Å². The van der Waals surface area contributed by atoms with Gasteiger partial charge < -0.3 is 0 Å². The van der Waals surface area contributed by atoms with E-state index in [9.17, 15) is 4.39 Å². The SMILES string of the molecule is Cc1cc(I)cc(C(C)C)c1F. The van der Waals surface area contributed by atoms with Gasteiger partial charge in [-0.15, -0.1) is 0 Å². The van der Waals surface area contributed by atoms with E-state index in [2.05, 4.69) is 22.6 Å². The van der Waals surface area contributed by atoms with Crippen LogP contribution in [0.3, 0.4) is 0 Å². The molecule has 0 aliphatic rings. The molecule has 1 aromatic rings. The Balaban J connectivity index is 3.28. The van der Waals surface area contributed by atoms with Crippen LogP contribution in [0.2, 0.25) is 0 Å². The zero-order chi connectivity index (χ0) is 9.30. The number of aryl methyl sites for hydroxylation is 1. The summed E-state index contributed by atoms with van der Waals surface area (Å²) >= 11 is 2.21. The fourth-order valence-electron chi connectivity index (χ4n) is 1.17.